The Labute approximate surface area is 191 Å². The largest absolute Gasteiger partial charge is 0.507 e. The quantitative estimate of drug-likeness (QED) is 0.339. The van der Waals surface area contributed by atoms with E-state index >= 15 is 0 Å². The van der Waals surface area contributed by atoms with Crippen LogP contribution in [0.4, 0.5) is 0 Å². The number of Topliss-reactive ketones (excluding diaryl/α,β-unsaturated/α-hetero) is 1. The van der Waals surface area contributed by atoms with Crippen LogP contribution in [0.5, 0.6) is 11.5 Å². The van der Waals surface area contributed by atoms with E-state index in [1.807, 2.05) is 19.9 Å². The lowest BCUT2D eigenvalue weighted by atomic mass is 9.93. The van der Waals surface area contributed by atoms with E-state index < -0.39 is 17.7 Å². The highest BCUT2D eigenvalue weighted by Crippen LogP contribution is 2.42. The van der Waals surface area contributed by atoms with E-state index in [4.69, 9.17) is 13.9 Å². The van der Waals surface area contributed by atoms with E-state index in [1.54, 1.807) is 49.6 Å². The van der Waals surface area contributed by atoms with Gasteiger partial charge in [0.2, 0.25) is 0 Å². The lowest BCUT2D eigenvalue weighted by Crippen LogP contribution is -2.29. The van der Waals surface area contributed by atoms with Crippen molar-refractivity contribution >= 4 is 17.4 Å². The van der Waals surface area contributed by atoms with Gasteiger partial charge in [-0.25, -0.2) is 0 Å². The SMILES string of the molecule is COc1ccc(C2/C(=C(\O)c3cc(C)cc(C)c3OC)C(=O)C(=O)N2Cc2ccco2)cc1. The zero-order chi connectivity index (χ0) is 23.7. The summed E-state index contributed by atoms with van der Waals surface area (Å²) in [6, 6.07) is 13.4. The fourth-order valence-corrected chi connectivity index (χ4v) is 4.29. The normalized spacial score (nSPS) is 17.5. The number of ether oxygens (including phenoxy) is 2. The number of aliphatic hydroxyl groups excluding tert-OH is 1. The second kappa shape index (κ2) is 8.86. The molecule has 1 fully saturated rings. The smallest absolute Gasteiger partial charge is 0.296 e. The molecule has 1 N–H and O–H groups in total. The molecule has 7 nitrogen and oxygen atoms in total. The monoisotopic (exact) mass is 447 g/mol. The summed E-state index contributed by atoms with van der Waals surface area (Å²) in [6.45, 7) is 3.83. The number of methoxy groups -OCH3 is 2. The Hall–Kier alpha value is -4.00. The lowest BCUT2D eigenvalue weighted by Gasteiger charge is -2.25. The van der Waals surface area contributed by atoms with Crippen molar-refractivity contribution in [2.75, 3.05) is 14.2 Å². The van der Waals surface area contributed by atoms with Crippen LogP contribution in [0.1, 0.15) is 34.1 Å². The number of nitrogens with zero attached hydrogens (tertiary/aromatic N) is 1. The number of carbonyl (C=O) groups excluding carboxylic acids is 2. The molecule has 1 aliphatic heterocycles. The van der Waals surface area contributed by atoms with Crippen LogP contribution in [0.15, 0.2) is 64.8 Å². The molecule has 7 heteroatoms. The Morgan fingerprint density at radius 3 is 2.39 bits per heavy atom. The topological polar surface area (TPSA) is 89.2 Å². The molecule has 1 saturated heterocycles. The lowest BCUT2D eigenvalue weighted by molar-refractivity contribution is -0.140. The molecule has 4 rings (SSSR count). The van der Waals surface area contributed by atoms with Crippen molar-refractivity contribution in [3.05, 3.63) is 88.4 Å². The van der Waals surface area contributed by atoms with Crippen LogP contribution >= 0.6 is 0 Å². The molecule has 1 amide bonds. The van der Waals surface area contributed by atoms with Crippen molar-refractivity contribution < 1.29 is 28.6 Å². The van der Waals surface area contributed by atoms with Crippen molar-refractivity contribution in [1.82, 2.24) is 4.90 Å². The molecule has 1 aliphatic rings. The zero-order valence-corrected chi connectivity index (χ0v) is 18.9. The fourth-order valence-electron chi connectivity index (χ4n) is 4.29. The number of likely N-dealkylation sites (tertiary alicyclic amines) is 1. The number of amides is 1. The molecule has 2 heterocycles. The van der Waals surface area contributed by atoms with Gasteiger partial charge in [-0.05, 0) is 60.9 Å². The van der Waals surface area contributed by atoms with Crippen molar-refractivity contribution in [2.24, 2.45) is 0 Å². The molecule has 170 valence electrons. The van der Waals surface area contributed by atoms with Gasteiger partial charge in [-0.15, -0.1) is 0 Å². The maximum absolute atomic E-state index is 13.2. The molecule has 0 radical (unpaired) electrons. The number of rotatable bonds is 6. The molecule has 33 heavy (non-hydrogen) atoms. The van der Waals surface area contributed by atoms with E-state index in [1.165, 1.54) is 18.3 Å². The number of hydrogen-bond donors (Lipinski definition) is 1. The van der Waals surface area contributed by atoms with Gasteiger partial charge in [0.25, 0.3) is 11.7 Å². The Bertz CT molecular complexity index is 1220. The maximum Gasteiger partial charge on any atom is 0.296 e. The molecule has 1 unspecified atom stereocenters. The Morgan fingerprint density at radius 1 is 1.06 bits per heavy atom. The molecule has 0 bridgehead atoms. The summed E-state index contributed by atoms with van der Waals surface area (Å²) in [5, 5.41) is 11.4. The summed E-state index contributed by atoms with van der Waals surface area (Å²) in [5.41, 5.74) is 2.72. The highest BCUT2D eigenvalue weighted by Gasteiger charge is 2.46. The molecule has 1 aromatic heterocycles. The number of hydrogen-bond acceptors (Lipinski definition) is 6. The second-order valence-corrected chi connectivity index (χ2v) is 7.94. The third kappa shape index (κ3) is 3.98. The molecule has 1 atom stereocenters. The Balaban J connectivity index is 1.92. The van der Waals surface area contributed by atoms with Crippen LogP contribution in [0, 0.1) is 13.8 Å². The molecule has 3 aromatic rings. The number of ketones is 1. The van der Waals surface area contributed by atoms with Crippen molar-refractivity contribution in [1.29, 1.82) is 0 Å². The van der Waals surface area contributed by atoms with E-state index in [0.29, 0.717) is 28.4 Å². The molecular weight excluding hydrogens is 422 g/mol. The summed E-state index contributed by atoms with van der Waals surface area (Å²) in [5.74, 6) is -0.140. The summed E-state index contributed by atoms with van der Waals surface area (Å²) >= 11 is 0. The zero-order valence-electron chi connectivity index (χ0n) is 18.9. The number of furan rings is 1. The van der Waals surface area contributed by atoms with E-state index in [9.17, 15) is 14.7 Å². The molecule has 0 spiro atoms. The first kappa shape index (κ1) is 22.2. The van der Waals surface area contributed by atoms with E-state index in [-0.39, 0.29) is 17.9 Å². The van der Waals surface area contributed by atoms with Crippen molar-refractivity contribution in [3.8, 4) is 11.5 Å². The van der Waals surface area contributed by atoms with Crippen LogP contribution in [-0.4, -0.2) is 35.9 Å². The van der Waals surface area contributed by atoms with E-state index in [2.05, 4.69) is 0 Å². The standard InChI is InChI=1S/C26H25NO6/c1-15-12-16(2)25(32-4)20(13-15)23(28)21-22(17-7-9-18(31-3)10-8-17)27(26(30)24(21)29)14-19-6-5-11-33-19/h5-13,22,28H,14H2,1-4H3/b23-21+. The summed E-state index contributed by atoms with van der Waals surface area (Å²) in [4.78, 5) is 27.7. The summed E-state index contributed by atoms with van der Waals surface area (Å²) in [6.07, 6.45) is 1.51. The predicted octanol–water partition coefficient (Wildman–Crippen LogP) is 4.54. The first-order chi connectivity index (χ1) is 15.8. The van der Waals surface area contributed by atoms with Crippen LogP contribution in [0.3, 0.4) is 0 Å². The third-order valence-electron chi connectivity index (χ3n) is 5.76. The second-order valence-electron chi connectivity index (χ2n) is 7.94. The highest BCUT2D eigenvalue weighted by atomic mass is 16.5. The minimum Gasteiger partial charge on any atom is -0.507 e. The van der Waals surface area contributed by atoms with Gasteiger partial charge in [0.1, 0.15) is 23.0 Å². The van der Waals surface area contributed by atoms with Gasteiger partial charge in [0, 0.05) is 0 Å². The molecule has 2 aromatic carbocycles. The first-order valence-corrected chi connectivity index (χ1v) is 10.5. The summed E-state index contributed by atoms with van der Waals surface area (Å²) < 4.78 is 16.2. The van der Waals surface area contributed by atoms with Gasteiger partial charge in [0.05, 0.1) is 44.2 Å². The molecule has 0 aliphatic carbocycles. The van der Waals surface area contributed by atoms with Gasteiger partial charge >= 0.3 is 0 Å². The van der Waals surface area contributed by atoms with Crippen LogP contribution in [0.25, 0.3) is 5.76 Å². The molecular formula is C26H25NO6. The molecule has 0 saturated carbocycles. The average Bonchev–Trinajstić information content (AvgIpc) is 3.40. The minimum atomic E-state index is -0.813. The van der Waals surface area contributed by atoms with Crippen molar-refractivity contribution in [3.63, 3.8) is 0 Å². The van der Waals surface area contributed by atoms with E-state index in [0.717, 1.165) is 11.1 Å². The number of aliphatic hydroxyl groups is 1. The van der Waals surface area contributed by atoms with Crippen LogP contribution in [0.2, 0.25) is 0 Å². The minimum absolute atomic E-state index is 0.0000213. The average molecular weight is 447 g/mol. The fraction of sp³-hybridized carbons (Fsp3) is 0.231. The first-order valence-electron chi connectivity index (χ1n) is 10.5. The number of benzene rings is 2. The highest BCUT2D eigenvalue weighted by molar-refractivity contribution is 6.46. The Morgan fingerprint density at radius 2 is 1.79 bits per heavy atom. The Kier molecular flexibility index (Phi) is 5.96. The maximum atomic E-state index is 13.2. The number of aryl methyl sites for hydroxylation is 2. The van der Waals surface area contributed by atoms with Gasteiger partial charge in [-0.2, -0.15) is 0 Å². The van der Waals surface area contributed by atoms with Crippen molar-refractivity contribution in [2.45, 2.75) is 26.4 Å². The summed E-state index contributed by atoms with van der Waals surface area (Å²) in [7, 11) is 3.06. The number of carbonyl (C=O) groups is 2. The van der Waals surface area contributed by atoms with Gasteiger partial charge in [-0.3, -0.25) is 9.59 Å². The van der Waals surface area contributed by atoms with Gasteiger partial charge in [0.15, 0.2) is 0 Å². The predicted molar refractivity (Wildman–Crippen MR) is 122 cm³/mol. The third-order valence-corrected chi connectivity index (χ3v) is 5.76. The van der Waals surface area contributed by atoms with Crippen LogP contribution < -0.4 is 9.47 Å². The van der Waals surface area contributed by atoms with Gasteiger partial charge < -0.3 is 23.9 Å². The van der Waals surface area contributed by atoms with Crippen LogP contribution in [-0.2, 0) is 16.1 Å². The van der Waals surface area contributed by atoms with Gasteiger partial charge in [-0.1, -0.05) is 18.2 Å².